The number of aryl methyl sites for hydroxylation is 2. The molecule has 2 amide bonds. The van der Waals surface area contributed by atoms with E-state index in [0.717, 1.165) is 36.9 Å². The Labute approximate surface area is 139 Å². The molecule has 1 aromatic heterocycles. The fraction of sp³-hybridized carbons (Fsp3) is 0.750. The number of hydrogen-bond acceptors (Lipinski definition) is 2. The summed E-state index contributed by atoms with van der Waals surface area (Å²) in [5.74, 6) is -0.518. The molecule has 0 spiro atoms. The Bertz CT molecular complexity index is 593. The molecular weight excluding hydrogens is 321 g/mol. The number of carbonyl (C=O) groups excluding carboxylic acids is 1. The van der Waals surface area contributed by atoms with Gasteiger partial charge in [0.2, 0.25) is 0 Å². The molecule has 1 fully saturated rings. The third-order valence-electron chi connectivity index (χ3n) is 5.04. The summed E-state index contributed by atoms with van der Waals surface area (Å²) in [6.45, 7) is 0. The van der Waals surface area contributed by atoms with Gasteiger partial charge in [0.1, 0.15) is 6.04 Å². The molecule has 24 heavy (non-hydrogen) atoms. The molecule has 0 aliphatic heterocycles. The second kappa shape index (κ2) is 6.64. The molecule has 2 atom stereocenters. The topological polar surface area (TPSA) is 59.0 Å². The largest absolute Gasteiger partial charge is 0.408 e. The van der Waals surface area contributed by atoms with Crippen molar-refractivity contribution in [1.82, 2.24) is 20.4 Å². The number of fused-ring (bicyclic) bond motifs is 1. The Hall–Kier alpha value is -1.73. The van der Waals surface area contributed by atoms with Crippen LogP contribution < -0.4 is 10.6 Å². The fourth-order valence-electron chi connectivity index (χ4n) is 3.92. The minimum absolute atomic E-state index is 0.278. The van der Waals surface area contributed by atoms with E-state index in [2.05, 4.69) is 15.7 Å². The van der Waals surface area contributed by atoms with Gasteiger partial charge in [0.15, 0.2) is 0 Å². The number of urea groups is 1. The van der Waals surface area contributed by atoms with E-state index in [4.69, 9.17) is 0 Å². The molecule has 0 saturated heterocycles. The molecule has 3 rings (SSSR count). The molecular formula is C16H23F3N4O. The Kier molecular flexibility index (Phi) is 4.73. The fourth-order valence-corrected chi connectivity index (χ4v) is 3.92. The smallest absolute Gasteiger partial charge is 0.331 e. The number of nitrogens with zero attached hydrogens (tertiary/aromatic N) is 2. The molecule has 1 heterocycles. The van der Waals surface area contributed by atoms with E-state index in [1.807, 2.05) is 6.20 Å². The Balaban J connectivity index is 1.66. The first-order valence-corrected chi connectivity index (χ1v) is 8.51. The maximum atomic E-state index is 13.3. The van der Waals surface area contributed by atoms with Crippen molar-refractivity contribution in [2.45, 2.75) is 63.2 Å². The number of carbonyl (C=O) groups is 1. The number of halogens is 3. The molecule has 8 heteroatoms. The molecule has 2 aliphatic rings. The maximum Gasteiger partial charge on any atom is 0.408 e. The zero-order valence-corrected chi connectivity index (χ0v) is 13.7. The van der Waals surface area contributed by atoms with Gasteiger partial charge in [-0.2, -0.15) is 18.3 Å². The van der Waals surface area contributed by atoms with Crippen LogP contribution in [0.2, 0.25) is 0 Å². The van der Waals surface area contributed by atoms with E-state index in [1.165, 1.54) is 0 Å². The molecule has 0 aromatic carbocycles. The molecule has 0 unspecified atom stereocenters. The monoisotopic (exact) mass is 344 g/mol. The van der Waals surface area contributed by atoms with Crippen LogP contribution in [0.4, 0.5) is 18.0 Å². The third-order valence-corrected chi connectivity index (χ3v) is 5.04. The summed E-state index contributed by atoms with van der Waals surface area (Å²) in [4.78, 5) is 12.2. The van der Waals surface area contributed by atoms with Crippen LogP contribution in [0.15, 0.2) is 6.20 Å². The molecule has 1 aromatic rings. The van der Waals surface area contributed by atoms with E-state index in [0.29, 0.717) is 19.3 Å². The predicted octanol–water partition coefficient (Wildman–Crippen LogP) is 3.22. The number of amides is 2. The summed E-state index contributed by atoms with van der Waals surface area (Å²) in [5, 5.41) is 9.23. The first-order valence-electron chi connectivity index (χ1n) is 8.51. The number of alkyl halides is 3. The normalized spacial score (nSPS) is 22.9. The Morgan fingerprint density at radius 2 is 2.00 bits per heavy atom. The van der Waals surface area contributed by atoms with Gasteiger partial charge in [-0.15, -0.1) is 0 Å². The van der Waals surface area contributed by atoms with Crippen molar-refractivity contribution in [3.8, 4) is 0 Å². The zero-order chi connectivity index (χ0) is 17.3. The summed E-state index contributed by atoms with van der Waals surface area (Å²) in [6, 6.07) is -2.79. The van der Waals surface area contributed by atoms with Crippen molar-refractivity contribution in [2.24, 2.45) is 13.0 Å². The first-order chi connectivity index (χ1) is 11.3. The van der Waals surface area contributed by atoms with Gasteiger partial charge in [-0.1, -0.05) is 12.8 Å². The average Bonchev–Trinajstić information content (AvgIpc) is 3.12. The van der Waals surface area contributed by atoms with Crippen LogP contribution in [-0.4, -0.2) is 28.0 Å². The second-order valence-corrected chi connectivity index (χ2v) is 6.83. The van der Waals surface area contributed by atoms with E-state index in [9.17, 15) is 18.0 Å². The van der Waals surface area contributed by atoms with E-state index in [1.54, 1.807) is 11.7 Å². The lowest BCUT2D eigenvalue weighted by molar-refractivity contribution is -0.164. The van der Waals surface area contributed by atoms with Gasteiger partial charge in [0.05, 0.1) is 11.7 Å². The van der Waals surface area contributed by atoms with Gasteiger partial charge in [-0.3, -0.25) is 4.68 Å². The van der Waals surface area contributed by atoms with Gasteiger partial charge in [0.25, 0.3) is 0 Å². The molecule has 5 nitrogen and oxygen atoms in total. The summed E-state index contributed by atoms with van der Waals surface area (Å²) in [7, 11) is 1.80. The van der Waals surface area contributed by atoms with Crippen molar-refractivity contribution >= 4 is 6.03 Å². The second-order valence-electron chi connectivity index (χ2n) is 6.83. The highest BCUT2D eigenvalue weighted by molar-refractivity contribution is 5.75. The number of rotatable bonds is 3. The van der Waals surface area contributed by atoms with Gasteiger partial charge in [-0.05, 0) is 38.0 Å². The van der Waals surface area contributed by atoms with Crippen LogP contribution in [0, 0.1) is 5.92 Å². The predicted molar refractivity (Wildman–Crippen MR) is 82.4 cm³/mol. The van der Waals surface area contributed by atoms with E-state index >= 15 is 0 Å². The van der Waals surface area contributed by atoms with Crippen LogP contribution in [0.1, 0.15) is 55.8 Å². The minimum atomic E-state index is -4.42. The van der Waals surface area contributed by atoms with Crippen molar-refractivity contribution in [3.05, 3.63) is 17.5 Å². The molecule has 0 bridgehead atoms. The van der Waals surface area contributed by atoms with Crippen LogP contribution >= 0.6 is 0 Å². The summed E-state index contributed by atoms with van der Waals surface area (Å²) in [5.41, 5.74) is 1.82. The summed E-state index contributed by atoms with van der Waals surface area (Å²) < 4.78 is 41.6. The molecule has 2 aliphatic carbocycles. The highest BCUT2D eigenvalue weighted by Crippen LogP contribution is 2.36. The van der Waals surface area contributed by atoms with Crippen molar-refractivity contribution < 1.29 is 18.0 Å². The summed E-state index contributed by atoms with van der Waals surface area (Å²) in [6.07, 6.45) is 2.44. The first kappa shape index (κ1) is 17.1. The minimum Gasteiger partial charge on any atom is -0.331 e. The SMILES string of the molecule is Cn1cc2c(n1)CCC[C@@H]2NC(=O)N[C@H](C1CCCC1)C(F)(F)F. The number of hydrogen-bond donors (Lipinski definition) is 2. The quantitative estimate of drug-likeness (QED) is 0.884. The van der Waals surface area contributed by atoms with E-state index < -0.39 is 24.2 Å². The zero-order valence-electron chi connectivity index (χ0n) is 13.7. The average molecular weight is 344 g/mol. The van der Waals surface area contributed by atoms with Crippen LogP contribution in [-0.2, 0) is 13.5 Å². The van der Waals surface area contributed by atoms with Crippen LogP contribution in [0.3, 0.4) is 0 Å². The van der Waals surface area contributed by atoms with Crippen LogP contribution in [0.25, 0.3) is 0 Å². The van der Waals surface area contributed by atoms with Gasteiger partial charge < -0.3 is 10.6 Å². The van der Waals surface area contributed by atoms with Crippen molar-refractivity contribution in [3.63, 3.8) is 0 Å². The lowest BCUT2D eigenvalue weighted by Gasteiger charge is -2.29. The van der Waals surface area contributed by atoms with E-state index in [-0.39, 0.29) is 6.04 Å². The lowest BCUT2D eigenvalue weighted by atomic mass is 9.93. The lowest BCUT2D eigenvalue weighted by Crippen LogP contribution is -2.53. The van der Waals surface area contributed by atoms with Crippen LogP contribution in [0.5, 0.6) is 0 Å². The van der Waals surface area contributed by atoms with Crippen molar-refractivity contribution in [1.29, 1.82) is 0 Å². The highest BCUT2D eigenvalue weighted by atomic mass is 19.4. The summed E-state index contributed by atoms with van der Waals surface area (Å²) >= 11 is 0. The highest BCUT2D eigenvalue weighted by Gasteiger charge is 2.46. The standard InChI is InChI=1S/C16H23F3N4O/c1-23-9-11-12(7-4-8-13(11)22-23)20-15(24)21-14(16(17,18)19)10-5-2-3-6-10/h9-10,12,14H,2-8H2,1H3,(H2,20,21,24)/t12-,14+/m0/s1. The number of aromatic nitrogens is 2. The maximum absolute atomic E-state index is 13.3. The van der Waals surface area contributed by atoms with Gasteiger partial charge in [0, 0.05) is 18.8 Å². The molecule has 134 valence electrons. The Morgan fingerprint density at radius 1 is 1.29 bits per heavy atom. The van der Waals surface area contributed by atoms with Gasteiger partial charge in [-0.25, -0.2) is 4.79 Å². The Morgan fingerprint density at radius 3 is 2.67 bits per heavy atom. The molecule has 1 saturated carbocycles. The van der Waals surface area contributed by atoms with Crippen molar-refractivity contribution in [2.75, 3.05) is 0 Å². The third kappa shape index (κ3) is 3.67. The molecule has 2 N–H and O–H groups in total. The van der Waals surface area contributed by atoms with Gasteiger partial charge >= 0.3 is 12.2 Å². The molecule has 0 radical (unpaired) electrons. The number of nitrogens with one attached hydrogen (secondary N) is 2.